The van der Waals surface area contributed by atoms with Gasteiger partial charge in [-0.15, -0.1) is 11.3 Å². The molecule has 2 rings (SSSR count). The number of thiophene rings is 1. The second kappa shape index (κ2) is 7.17. The SMILES string of the molecule is CCNCc1cc(S(=O)(=O)NCC2(OC)CCOC2)cs1. The first-order valence-corrected chi connectivity index (χ1v) is 9.28. The lowest BCUT2D eigenvalue weighted by molar-refractivity contribution is -0.0120. The molecule has 0 bridgehead atoms. The Morgan fingerprint density at radius 3 is 2.95 bits per heavy atom. The molecule has 2 N–H and O–H groups in total. The highest BCUT2D eigenvalue weighted by atomic mass is 32.2. The molecule has 8 heteroatoms. The summed E-state index contributed by atoms with van der Waals surface area (Å²) in [5, 5.41) is 4.85. The van der Waals surface area contributed by atoms with Gasteiger partial charge in [0.2, 0.25) is 10.0 Å². The highest BCUT2D eigenvalue weighted by Gasteiger charge is 2.36. The van der Waals surface area contributed by atoms with Crippen LogP contribution in [0.2, 0.25) is 0 Å². The van der Waals surface area contributed by atoms with E-state index in [4.69, 9.17) is 9.47 Å². The summed E-state index contributed by atoms with van der Waals surface area (Å²) in [5.74, 6) is 0. The van der Waals surface area contributed by atoms with E-state index >= 15 is 0 Å². The van der Waals surface area contributed by atoms with Gasteiger partial charge in [0.05, 0.1) is 11.5 Å². The second-order valence-corrected chi connectivity index (χ2v) is 7.81. The Kier molecular flexibility index (Phi) is 5.75. The zero-order valence-corrected chi connectivity index (χ0v) is 14.0. The van der Waals surface area contributed by atoms with Crippen LogP contribution < -0.4 is 10.0 Å². The van der Waals surface area contributed by atoms with Crippen molar-refractivity contribution in [2.75, 3.05) is 33.4 Å². The van der Waals surface area contributed by atoms with Crippen LogP contribution in [0.3, 0.4) is 0 Å². The van der Waals surface area contributed by atoms with E-state index in [0.29, 0.717) is 31.1 Å². The highest BCUT2D eigenvalue weighted by molar-refractivity contribution is 7.89. The third-order valence-electron chi connectivity index (χ3n) is 3.57. The number of methoxy groups -OCH3 is 1. The summed E-state index contributed by atoms with van der Waals surface area (Å²) < 4.78 is 38.0. The van der Waals surface area contributed by atoms with Crippen LogP contribution in [-0.4, -0.2) is 47.4 Å². The fourth-order valence-corrected chi connectivity index (χ4v) is 4.47. The lowest BCUT2D eigenvalue weighted by Gasteiger charge is -2.25. The molecule has 1 fully saturated rings. The first-order chi connectivity index (χ1) is 10.0. The van der Waals surface area contributed by atoms with Gasteiger partial charge in [-0.1, -0.05) is 6.92 Å². The fraction of sp³-hybridized carbons (Fsp3) is 0.692. The molecule has 0 saturated carbocycles. The maximum atomic E-state index is 12.3. The minimum atomic E-state index is -3.50. The van der Waals surface area contributed by atoms with Gasteiger partial charge in [-0.2, -0.15) is 0 Å². The van der Waals surface area contributed by atoms with Gasteiger partial charge in [-0.3, -0.25) is 0 Å². The number of hydrogen-bond donors (Lipinski definition) is 2. The number of hydrogen-bond acceptors (Lipinski definition) is 6. The van der Waals surface area contributed by atoms with Gasteiger partial charge in [-0.05, 0) is 12.6 Å². The van der Waals surface area contributed by atoms with Gasteiger partial charge in [0.25, 0.3) is 0 Å². The van der Waals surface area contributed by atoms with Crippen LogP contribution in [0.25, 0.3) is 0 Å². The normalized spacial score (nSPS) is 22.8. The molecule has 6 nitrogen and oxygen atoms in total. The van der Waals surface area contributed by atoms with Crippen molar-refractivity contribution in [3.63, 3.8) is 0 Å². The van der Waals surface area contributed by atoms with Gasteiger partial charge >= 0.3 is 0 Å². The molecular weight excluding hydrogens is 312 g/mol. The van der Waals surface area contributed by atoms with Crippen LogP contribution in [0, 0.1) is 0 Å². The highest BCUT2D eigenvalue weighted by Crippen LogP contribution is 2.23. The topological polar surface area (TPSA) is 76.7 Å². The van der Waals surface area contributed by atoms with E-state index in [1.54, 1.807) is 18.6 Å². The molecule has 0 aromatic carbocycles. The Labute approximate surface area is 129 Å². The van der Waals surface area contributed by atoms with E-state index in [1.165, 1.54) is 11.3 Å². The van der Waals surface area contributed by atoms with Crippen molar-refractivity contribution in [1.29, 1.82) is 0 Å². The van der Waals surface area contributed by atoms with E-state index in [-0.39, 0.29) is 6.54 Å². The van der Waals surface area contributed by atoms with Crippen LogP contribution >= 0.6 is 11.3 Å². The molecule has 1 aromatic heterocycles. The summed E-state index contributed by atoms with van der Waals surface area (Å²) in [6.45, 7) is 4.80. The van der Waals surface area contributed by atoms with Gasteiger partial charge in [-0.25, -0.2) is 13.1 Å². The summed E-state index contributed by atoms with van der Waals surface area (Å²) >= 11 is 1.44. The lowest BCUT2D eigenvalue weighted by Crippen LogP contribution is -2.44. The lowest BCUT2D eigenvalue weighted by atomic mass is 10.0. The van der Waals surface area contributed by atoms with E-state index < -0.39 is 15.6 Å². The molecule has 1 unspecified atom stereocenters. The van der Waals surface area contributed by atoms with Crippen LogP contribution in [0.5, 0.6) is 0 Å². The maximum absolute atomic E-state index is 12.3. The molecular formula is C13H22N2O4S2. The molecule has 0 spiro atoms. The van der Waals surface area contributed by atoms with Gasteiger partial charge < -0.3 is 14.8 Å². The summed E-state index contributed by atoms with van der Waals surface area (Å²) in [5.41, 5.74) is -0.546. The van der Waals surface area contributed by atoms with Crippen molar-refractivity contribution in [2.45, 2.75) is 30.4 Å². The molecule has 1 aliphatic rings. The van der Waals surface area contributed by atoms with Crippen molar-refractivity contribution in [1.82, 2.24) is 10.0 Å². The smallest absolute Gasteiger partial charge is 0.241 e. The number of rotatable bonds is 8. The predicted molar refractivity (Wildman–Crippen MR) is 82.1 cm³/mol. The van der Waals surface area contributed by atoms with Crippen molar-refractivity contribution in [3.8, 4) is 0 Å². The van der Waals surface area contributed by atoms with Crippen LogP contribution in [0.15, 0.2) is 16.3 Å². The monoisotopic (exact) mass is 334 g/mol. The zero-order valence-electron chi connectivity index (χ0n) is 12.3. The zero-order chi connectivity index (χ0) is 15.3. The average molecular weight is 334 g/mol. The summed E-state index contributed by atoms with van der Waals surface area (Å²) in [6.07, 6.45) is 0.696. The van der Waals surface area contributed by atoms with Crippen molar-refractivity contribution in [3.05, 3.63) is 16.3 Å². The Bertz CT molecular complexity index is 550. The second-order valence-electron chi connectivity index (χ2n) is 5.04. The molecule has 1 aromatic rings. The molecule has 2 heterocycles. The average Bonchev–Trinajstić information content (AvgIpc) is 3.13. The van der Waals surface area contributed by atoms with Crippen molar-refractivity contribution < 1.29 is 17.9 Å². The molecule has 0 radical (unpaired) electrons. The molecule has 1 aliphatic heterocycles. The Morgan fingerprint density at radius 2 is 2.33 bits per heavy atom. The predicted octanol–water partition coefficient (Wildman–Crippen LogP) is 0.941. The molecule has 1 saturated heterocycles. The summed E-state index contributed by atoms with van der Waals surface area (Å²) in [4.78, 5) is 1.31. The van der Waals surface area contributed by atoms with E-state index in [9.17, 15) is 8.42 Å². The first-order valence-electron chi connectivity index (χ1n) is 6.92. The minimum absolute atomic E-state index is 0.226. The number of sulfonamides is 1. The Balaban J connectivity index is 1.99. The van der Waals surface area contributed by atoms with Crippen LogP contribution in [-0.2, 0) is 26.0 Å². The molecule has 120 valence electrons. The first kappa shape index (κ1) is 16.9. The number of ether oxygens (including phenoxy) is 2. The molecule has 21 heavy (non-hydrogen) atoms. The van der Waals surface area contributed by atoms with E-state index in [2.05, 4.69) is 10.0 Å². The summed E-state index contributed by atoms with van der Waals surface area (Å²) in [6, 6.07) is 1.71. The maximum Gasteiger partial charge on any atom is 0.241 e. The molecule has 0 aliphatic carbocycles. The quantitative estimate of drug-likeness (QED) is 0.740. The summed E-state index contributed by atoms with van der Waals surface area (Å²) in [7, 11) is -1.92. The Morgan fingerprint density at radius 1 is 1.52 bits per heavy atom. The van der Waals surface area contributed by atoms with Crippen molar-refractivity contribution in [2.24, 2.45) is 0 Å². The third kappa shape index (κ3) is 4.24. The van der Waals surface area contributed by atoms with Crippen LogP contribution in [0.4, 0.5) is 0 Å². The Hall–Kier alpha value is -0.510. The van der Waals surface area contributed by atoms with E-state index in [0.717, 1.165) is 11.4 Å². The minimum Gasteiger partial charge on any atom is -0.378 e. The molecule has 1 atom stereocenters. The largest absolute Gasteiger partial charge is 0.378 e. The van der Waals surface area contributed by atoms with Gasteiger partial charge in [0, 0.05) is 43.5 Å². The van der Waals surface area contributed by atoms with Crippen LogP contribution in [0.1, 0.15) is 18.2 Å². The van der Waals surface area contributed by atoms with Gasteiger partial charge in [0.15, 0.2) is 0 Å². The van der Waals surface area contributed by atoms with E-state index in [1.807, 2.05) is 6.92 Å². The standard InChI is InChI=1S/C13H22N2O4S2/c1-3-14-7-11-6-12(8-20-11)21(16,17)15-9-13(18-2)4-5-19-10-13/h6,8,14-15H,3-5,7,9-10H2,1-2H3. The molecule has 0 amide bonds. The third-order valence-corrected chi connectivity index (χ3v) is 6.04. The fourth-order valence-electron chi connectivity index (χ4n) is 2.11. The van der Waals surface area contributed by atoms with Crippen molar-refractivity contribution >= 4 is 21.4 Å². The number of nitrogens with one attached hydrogen (secondary N) is 2. The van der Waals surface area contributed by atoms with Gasteiger partial charge in [0.1, 0.15) is 5.60 Å².